The summed E-state index contributed by atoms with van der Waals surface area (Å²) in [6.45, 7) is 7.22. The highest BCUT2D eigenvalue weighted by Gasteiger charge is 2.21. The fourth-order valence-electron chi connectivity index (χ4n) is 3.83. The van der Waals surface area contributed by atoms with E-state index in [0.29, 0.717) is 0 Å². The summed E-state index contributed by atoms with van der Waals surface area (Å²) in [7, 11) is 0. The lowest BCUT2D eigenvalue weighted by Gasteiger charge is -2.32. The number of nitrogens with zero attached hydrogens (tertiary/aromatic N) is 2. The Balaban J connectivity index is 1.23. The number of rotatable bonds is 7. The van der Waals surface area contributed by atoms with Crippen LogP contribution in [0.3, 0.4) is 0 Å². The molecular formula is C25H29N3OS2. The number of hydrogen-bond donors (Lipinski definition) is 1. The quantitative estimate of drug-likeness (QED) is 0.486. The van der Waals surface area contributed by atoms with Gasteiger partial charge in [0, 0.05) is 48.1 Å². The van der Waals surface area contributed by atoms with Crippen LogP contribution >= 0.6 is 23.1 Å². The Morgan fingerprint density at radius 3 is 2.55 bits per heavy atom. The number of thioether (sulfide) groups is 1. The third-order valence-corrected chi connectivity index (χ3v) is 7.96. The zero-order chi connectivity index (χ0) is 21.6. The Bertz CT molecular complexity index is 1010. The van der Waals surface area contributed by atoms with Crippen molar-refractivity contribution in [2.24, 2.45) is 0 Å². The number of carbonyl (C=O) groups is 1. The molecular weight excluding hydrogens is 422 g/mol. The highest BCUT2D eigenvalue weighted by atomic mass is 32.2. The largest absolute Gasteiger partial charge is 0.349 e. The molecule has 0 saturated carbocycles. The lowest BCUT2D eigenvalue weighted by Crippen LogP contribution is -2.44. The number of amides is 1. The van der Waals surface area contributed by atoms with Crippen molar-refractivity contribution in [1.29, 1.82) is 0 Å². The van der Waals surface area contributed by atoms with Crippen LogP contribution in [-0.4, -0.2) is 34.9 Å². The molecule has 1 aliphatic rings. The second-order valence-corrected chi connectivity index (χ2v) is 10.3. The van der Waals surface area contributed by atoms with Gasteiger partial charge in [-0.05, 0) is 55.5 Å². The SMILES string of the molecule is Cc1csc(SCc2ccc(C(=O)NC3CCN(Cc4ccccc4C)CC3)cc2)n1. The first-order chi connectivity index (χ1) is 15.1. The highest BCUT2D eigenvalue weighted by Crippen LogP contribution is 2.26. The van der Waals surface area contributed by atoms with E-state index in [4.69, 9.17) is 0 Å². The van der Waals surface area contributed by atoms with Crippen LogP contribution in [0.2, 0.25) is 0 Å². The first-order valence-electron chi connectivity index (χ1n) is 10.8. The number of aryl methyl sites for hydroxylation is 2. The molecule has 1 saturated heterocycles. The van der Waals surface area contributed by atoms with Gasteiger partial charge in [0.05, 0.1) is 0 Å². The van der Waals surface area contributed by atoms with E-state index < -0.39 is 0 Å². The molecule has 1 fully saturated rings. The van der Waals surface area contributed by atoms with Crippen LogP contribution < -0.4 is 5.32 Å². The average molecular weight is 452 g/mol. The molecule has 1 aliphatic heterocycles. The summed E-state index contributed by atoms with van der Waals surface area (Å²) in [4.78, 5) is 19.7. The number of likely N-dealkylation sites (tertiary alicyclic amines) is 1. The summed E-state index contributed by atoms with van der Waals surface area (Å²) in [6.07, 6.45) is 2.00. The molecule has 4 rings (SSSR count). The van der Waals surface area contributed by atoms with Crippen LogP contribution in [0, 0.1) is 13.8 Å². The van der Waals surface area contributed by atoms with Crippen LogP contribution in [0.25, 0.3) is 0 Å². The van der Waals surface area contributed by atoms with E-state index in [-0.39, 0.29) is 11.9 Å². The first-order valence-corrected chi connectivity index (χ1v) is 12.6. The van der Waals surface area contributed by atoms with Crippen molar-refractivity contribution in [1.82, 2.24) is 15.2 Å². The van der Waals surface area contributed by atoms with E-state index in [1.165, 1.54) is 16.7 Å². The number of piperidine rings is 1. The molecule has 1 amide bonds. The van der Waals surface area contributed by atoms with E-state index in [9.17, 15) is 4.79 Å². The minimum absolute atomic E-state index is 0.0344. The fourth-order valence-corrected chi connectivity index (χ4v) is 5.63. The van der Waals surface area contributed by atoms with Crippen molar-refractivity contribution < 1.29 is 4.79 Å². The molecule has 1 aromatic heterocycles. The summed E-state index contributed by atoms with van der Waals surface area (Å²) in [6, 6.07) is 16.8. The van der Waals surface area contributed by atoms with Crippen LogP contribution in [0.1, 0.15) is 45.6 Å². The van der Waals surface area contributed by atoms with Crippen LogP contribution in [0.4, 0.5) is 0 Å². The average Bonchev–Trinajstić information content (AvgIpc) is 3.21. The molecule has 0 aliphatic carbocycles. The highest BCUT2D eigenvalue weighted by molar-refractivity contribution is 8.00. The van der Waals surface area contributed by atoms with Gasteiger partial charge in [-0.2, -0.15) is 0 Å². The molecule has 31 heavy (non-hydrogen) atoms. The van der Waals surface area contributed by atoms with Crippen molar-refractivity contribution in [3.63, 3.8) is 0 Å². The Hall–Kier alpha value is -2.15. The van der Waals surface area contributed by atoms with Crippen molar-refractivity contribution in [3.05, 3.63) is 81.9 Å². The lowest BCUT2D eigenvalue weighted by atomic mass is 10.0. The standard InChI is InChI=1S/C25H29N3OS2/c1-18-5-3-4-6-22(18)15-28-13-11-23(12-14-28)27-24(29)21-9-7-20(8-10-21)17-31-25-26-19(2)16-30-25/h3-10,16,23H,11-15,17H2,1-2H3,(H,27,29). The smallest absolute Gasteiger partial charge is 0.251 e. The summed E-state index contributed by atoms with van der Waals surface area (Å²) in [5.41, 5.74) is 5.76. The molecule has 0 spiro atoms. The normalized spacial score (nSPS) is 15.2. The van der Waals surface area contributed by atoms with E-state index in [0.717, 1.165) is 53.8 Å². The zero-order valence-electron chi connectivity index (χ0n) is 18.1. The molecule has 4 nitrogen and oxygen atoms in total. The Morgan fingerprint density at radius 2 is 1.87 bits per heavy atom. The van der Waals surface area contributed by atoms with E-state index >= 15 is 0 Å². The third-order valence-electron chi connectivity index (χ3n) is 5.75. The van der Waals surface area contributed by atoms with Crippen molar-refractivity contribution in [2.75, 3.05) is 13.1 Å². The fraction of sp³-hybridized carbons (Fsp3) is 0.360. The molecule has 2 aromatic carbocycles. The number of hydrogen-bond acceptors (Lipinski definition) is 5. The van der Waals surface area contributed by atoms with E-state index in [2.05, 4.69) is 51.8 Å². The molecule has 162 valence electrons. The van der Waals surface area contributed by atoms with Gasteiger partial charge in [-0.25, -0.2) is 4.98 Å². The first kappa shape index (κ1) is 22.1. The molecule has 0 bridgehead atoms. The van der Waals surface area contributed by atoms with Crippen LogP contribution in [0.5, 0.6) is 0 Å². The van der Waals surface area contributed by atoms with Crippen molar-refractivity contribution in [2.45, 2.75) is 49.4 Å². The summed E-state index contributed by atoms with van der Waals surface area (Å²) >= 11 is 3.42. The van der Waals surface area contributed by atoms with Gasteiger partial charge in [-0.3, -0.25) is 9.69 Å². The van der Waals surface area contributed by atoms with Gasteiger partial charge < -0.3 is 5.32 Å². The molecule has 0 unspecified atom stereocenters. The number of carbonyl (C=O) groups excluding carboxylic acids is 1. The number of nitrogens with one attached hydrogen (secondary N) is 1. The zero-order valence-corrected chi connectivity index (χ0v) is 19.8. The van der Waals surface area contributed by atoms with Gasteiger partial charge in [0.1, 0.15) is 4.34 Å². The number of benzene rings is 2. The van der Waals surface area contributed by atoms with Gasteiger partial charge >= 0.3 is 0 Å². The van der Waals surface area contributed by atoms with Gasteiger partial charge in [0.15, 0.2) is 0 Å². The molecule has 3 aromatic rings. The number of aromatic nitrogens is 1. The van der Waals surface area contributed by atoms with E-state index in [1.54, 1.807) is 23.1 Å². The Labute approximate surface area is 193 Å². The van der Waals surface area contributed by atoms with Gasteiger partial charge in [-0.15, -0.1) is 11.3 Å². The summed E-state index contributed by atoms with van der Waals surface area (Å²) in [5.74, 6) is 0.904. The maximum absolute atomic E-state index is 12.7. The minimum atomic E-state index is 0.0344. The van der Waals surface area contributed by atoms with Crippen molar-refractivity contribution in [3.8, 4) is 0 Å². The third kappa shape index (κ3) is 6.19. The van der Waals surface area contributed by atoms with Crippen LogP contribution in [0.15, 0.2) is 58.3 Å². The lowest BCUT2D eigenvalue weighted by molar-refractivity contribution is 0.0909. The maximum atomic E-state index is 12.7. The Morgan fingerprint density at radius 1 is 1.13 bits per heavy atom. The summed E-state index contributed by atoms with van der Waals surface area (Å²) < 4.78 is 1.09. The predicted octanol–water partition coefficient (Wildman–Crippen LogP) is 5.45. The maximum Gasteiger partial charge on any atom is 0.251 e. The molecule has 2 heterocycles. The van der Waals surface area contributed by atoms with Crippen molar-refractivity contribution >= 4 is 29.0 Å². The molecule has 6 heteroatoms. The monoisotopic (exact) mass is 451 g/mol. The Kier molecular flexibility index (Phi) is 7.43. The predicted molar refractivity (Wildman–Crippen MR) is 130 cm³/mol. The van der Waals surface area contributed by atoms with Crippen LogP contribution in [-0.2, 0) is 12.3 Å². The molecule has 1 N–H and O–H groups in total. The topological polar surface area (TPSA) is 45.2 Å². The number of thiazole rings is 1. The van der Waals surface area contributed by atoms with Gasteiger partial charge in [0.2, 0.25) is 0 Å². The van der Waals surface area contributed by atoms with Gasteiger partial charge in [-0.1, -0.05) is 48.2 Å². The van der Waals surface area contributed by atoms with Gasteiger partial charge in [0.25, 0.3) is 5.91 Å². The molecule has 0 radical (unpaired) electrons. The minimum Gasteiger partial charge on any atom is -0.349 e. The second-order valence-electron chi connectivity index (χ2n) is 8.19. The summed E-state index contributed by atoms with van der Waals surface area (Å²) in [5, 5.41) is 5.30. The molecule has 0 atom stereocenters. The second kappa shape index (κ2) is 10.4. The van der Waals surface area contributed by atoms with E-state index in [1.807, 2.05) is 31.2 Å².